The van der Waals surface area contributed by atoms with E-state index in [0.29, 0.717) is 25.6 Å². The molecule has 4 aliphatic rings. The number of aromatic nitrogens is 2. The molecule has 5 atom stereocenters. The number of halogens is 4. The number of ether oxygens (including phenoxy) is 4. The largest absolute Gasteiger partial charge is 0.459 e. The number of hydrogen-bond donors (Lipinski definition) is 9. The van der Waals surface area contributed by atoms with Crippen molar-refractivity contribution in [3.63, 3.8) is 0 Å². The van der Waals surface area contributed by atoms with Crippen LogP contribution in [0.5, 0.6) is 0 Å². The molecule has 96 heavy (non-hydrogen) atoms. The third-order valence-corrected chi connectivity index (χ3v) is 14.8. The van der Waals surface area contributed by atoms with Crippen LogP contribution in [-0.2, 0) is 41.5 Å². The van der Waals surface area contributed by atoms with Gasteiger partial charge in [0.2, 0.25) is 5.95 Å². The van der Waals surface area contributed by atoms with Gasteiger partial charge in [-0.15, -0.1) is 23.2 Å². The van der Waals surface area contributed by atoms with Crippen LogP contribution in [0.1, 0.15) is 133 Å². The standard InChI is InChI=1S/C15H17N.C12H25NO3.C10H13ClN2.C10H21NO2.C8H12N4.C5H10BrN.C5H11NO.C4H9Cl2N.C4H7N/c1-3-7-14(8-4-1)11-12-16-13-15-9-5-2-6-10-15;1-8(15-11(2,3)4)9(13)10(14)16-12(5,6)7;11-9-3-1-2-4-10(9)13-7-5-12-6-8-13;1-6-7(2)8(11)9(12)13-10(3,4)5;1-2-10-8(11-3-1)12-6-4-9-5-7-12;1-7-5-3-2-4-6;6-4-5-2-1-3-7-5;1-4(5,6)2-3-7;1-2-4-5-3-1/h1-10,16H,11-13H2;8-9H,13H2,1-7H3;1-4,12H,5-8H2;7-8H,6,11H2,1-5H3;1-3,9H,4-7H2;2,4,7H,3,5H2,1H3;5H,1-4,6H2;2-3,7H2,1H3;1-2,5H,3-4H2/b;;;;;4-2+;;;/t;8?,9-;;7?,8-;;;5-;;/m.0.0..1../s1. The van der Waals surface area contributed by atoms with E-state index >= 15 is 0 Å². The molecule has 19 nitrogen and oxygen atoms in total. The summed E-state index contributed by atoms with van der Waals surface area (Å²) in [5, 5.41) is 17.0. The lowest BCUT2D eigenvalue weighted by Gasteiger charge is -2.30. The minimum absolute atomic E-state index is 0.176. The number of carbonyl (C=O) groups excluding carboxylic acids is 2. The van der Waals surface area contributed by atoms with E-state index in [1.807, 2.05) is 119 Å². The first-order valence-electron chi connectivity index (χ1n) is 33.9. The summed E-state index contributed by atoms with van der Waals surface area (Å²) in [6.45, 7) is 39.8. The summed E-state index contributed by atoms with van der Waals surface area (Å²) < 4.78 is 20.5. The summed E-state index contributed by atoms with van der Waals surface area (Å²) in [6.07, 6.45) is 16.0. The predicted octanol–water partition coefficient (Wildman–Crippen LogP) is 11.5. The topological polar surface area (TPSA) is 268 Å². The highest BCUT2D eigenvalue weighted by Gasteiger charge is 2.30. The number of hydrogen-bond acceptors (Lipinski definition) is 19. The number of anilines is 2. The van der Waals surface area contributed by atoms with Crippen LogP contribution in [0.15, 0.2) is 127 Å². The van der Waals surface area contributed by atoms with Crippen molar-refractivity contribution >= 4 is 74.3 Å². The maximum absolute atomic E-state index is 11.7. The van der Waals surface area contributed by atoms with Crippen molar-refractivity contribution in [3.05, 3.63) is 143 Å². The zero-order valence-electron chi connectivity index (χ0n) is 60.6. The van der Waals surface area contributed by atoms with Crippen LogP contribution in [-0.4, -0.2) is 173 Å². The molecule has 8 rings (SSSR count). The van der Waals surface area contributed by atoms with Gasteiger partial charge in [0.15, 0.2) is 0 Å². The normalized spacial score (nSPS) is 16.3. The van der Waals surface area contributed by atoms with Crippen molar-refractivity contribution in [2.75, 3.05) is 115 Å². The second-order valence-corrected chi connectivity index (χ2v) is 29.0. The first-order valence-corrected chi connectivity index (χ1v) is 36.0. The number of alkyl halides is 2. The Morgan fingerprint density at radius 1 is 0.719 bits per heavy atom. The Labute approximate surface area is 602 Å². The third-order valence-electron chi connectivity index (χ3n) is 13.7. The number of para-hydroxylation sites is 1. The van der Waals surface area contributed by atoms with Crippen LogP contribution in [0.25, 0.3) is 0 Å². The quantitative estimate of drug-likeness (QED) is 0.0183. The highest BCUT2D eigenvalue weighted by atomic mass is 79.9. The van der Waals surface area contributed by atoms with E-state index in [4.69, 9.17) is 76.7 Å². The highest BCUT2D eigenvalue weighted by molar-refractivity contribution is 9.11. The summed E-state index contributed by atoms with van der Waals surface area (Å²) in [4.78, 5) is 37.8. The van der Waals surface area contributed by atoms with E-state index < -0.39 is 33.6 Å². The van der Waals surface area contributed by atoms with Gasteiger partial charge in [-0.3, -0.25) is 9.59 Å². The van der Waals surface area contributed by atoms with Crippen molar-refractivity contribution in [1.29, 1.82) is 0 Å². The number of nitrogens with two attached hydrogens (primary N) is 4. The Balaban J connectivity index is 0.00000108. The average molecular weight is 1470 g/mol. The molecule has 5 heterocycles. The molecule has 546 valence electrons. The molecule has 2 unspecified atom stereocenters. The highest BCUT2D eigenvalue weighted by Crippen LogP contribution is 2.25. The van der Waals surface area contributed by atoms with E-state index in [2.05, 4.69) is 141 Å². The Hall–Kier alpha value is -4.33. The summed E-state index contributed by atoms with van der Waals surface area (Å²) in [5.74, 6) is 0.292. The molecule has 0 spiro atoms. The number of carbonyl (C=O) groups is 2. The van der Waals surface area contributed by atoms with Crippen molar-refractivity contribution in [3.8, 4) is 0 Å². The van der Waals surface area contributed by atoms with Crippen LogP contribution in [0, 0.1) is 5.92 Å². The molecule has 0 amide bonds. The van der Waals surface area contributed by atoms with Crippen LogP contribution >= 0.6 is 50.7 Å². The number of esters is 2. The molecule has 3 fully saturated rings. The van der Waals surface area contributed by atoms with E-state index in [1.54, 1.807) is 26.2 Å². The van der Waals surface area contributed by atoms with Gasteiger partial charge in [0.25, 0.3) is 0 Å². The molecule has 0 bridgehead atoms. The van der Waals surface area contributed by atoms with Crippen molar-refractivity contribution < 1.29 is 28.5 Å². The molecule has 3 saturated heterocycles. The van der Waals surface area contributed by atoms with Crippen molar-refractivity contribution in [1.82, 2.24) is 36.6 Å². The van der Waals surface area contributed by atoms with Gasteiger partial charge in [-0.25, -0.2) is 9.97 Å². The number of rotatable bonds is 19. The van der Waals surface area contributed by atoms with E-state index in [0.717, 1.165) is 134 Å². The Bertz CT molecular complexity index is 2520. The Morgan fingerprint density at radius 3 is 1.64 bits per heavy atom. The maximum Gasteiger partial charge on any atom is 0.326 e. The molecule has 1 aromatic heterocycles. The Morgan fingerprint density at radius 2 is 1.23 bits per heavy atom. The fourth-order valence-electron chi connectivity index (χ4n) is 8.48. The van der Waals surface area contributed by atoms with Gasteiger partial charge >= 0.3 is 11.9 Å². The van der Waals surface area contributed by atoms with Crippen molar-refractivity contribution in [2.24, 2.45) is 28.9 Å². The van der Waals surface area contributed by atoms with Crippen LogP contribution < -0.4 is 59.3 Å². The smallest absolute Gasteiger partial charge is 0.326 e. The molecule has 0 radical (unpaired) electrons. The lowest BCUT2D eigenvalue weighted by atomic mass is 10.00. The minimum Gasteiger partial charge on any atom is -0.459 e. The van der Waals surface area contributed by atoms with Gasteiger partial charge in [-0.1, -0.05) is 139 Å². The average Bonchev–Trinajstić information content (AvgIpc) is 1.39. The number of benzene rings is 3. The number of nitrogens with zero attached hydrogens (tertiary/aromatic N) is 4. The van der Waals surface area contributed by atoms with E-state index in [1.165, 1.54) is 17.5 Å². The zero-order valence-corrected chi connectivity index (χ0v) is 64.5. The second-order valence-electron chi connectivity index (χ2n) is 26.2. The monoisotopic (exact) mass is 1460 g/mol. The molecule has 0 saturated carbocycles. The summed E-state index contributed by atoms with van der Waals surface area (Å²) in [7, 11) is 1.95. The molecular formula is C73H125BrCl3N13O6. The molecule has 0 aliphatic carbocycles. The first kappa shape index (κ1) is 91.7. The summed E-state index contributed by atoms with van der Waals surface area (Å²) >= 11 is 20.3. The van der Waals surface area contributed by atoms with Gasteiger partial charge in [0, 0.05) is 97.5 Å². The minimum atomic E-state index is -0.751. The van der Waals surface area contributed by atoms with Gasteiger partial charge in [-0.05, 0) is 175 Å². The number of nitrogens with one attached hydrogen (secondary N) is 5. The van der Waals surface area contributed by atoms with Crippen molar-refractivity contribution in [2.45, 2.75) is 181 Å². The first-order chi connectivity index (χ1) is 45.4. The molecular weight excluding hydrogens is 1340 g/mol. The van der Waals surface area contributed by atoms with Crippen LogP contribution in [0.3, 0.4) is 0 Å². The molecule has 4 aliphatic heterocycles. The van der Waals surface area contributed by atoms with Gasteiger partial charge < -0.3 is 78.3 Å². The van der Waals surface area contributed by atoms with E-state index in [-0.39, 0.29) is 23.6 Å². The molecule has 3 aromatic carbocycles. The molecule has 4 aromatic rings. The lowest BCUT2D eigenvalue weighted by Crippen LogP contribution is -2.47. The fourth-order valence-corrected chi connectivity index (χ4v) is 9.22. The van der Waals surface area contributed by atoms with Gasteiger partial charge in [0.1, 0.15) is 27.6 Å². The lowest BCUT2D eigenvalue weighted by molar-refractivity contribution is -0.163. The van der Waals surface area contributed by atoms with Crippen LogP contribution in [0.4, 0.5) is 11.6 Å². The molecule has 13 N–H and O–H groups in total. The van der Waals surface area contributed by atoms with E-state index in [9.17, 15) is 9.59 Å². The predicted molar refractivity (Wildman–Crippen MR) is 410 cm³/mol. The summed E-state index contributed by atoms with van der Waals surface area (Å²) in [6, 6.07) is 29.7. The fraction of sp³-hybridized carbons (Fsp3) is 0.616. The van der Waals surface area contributed by atoms with Gasteiger partial charge in [0.05, 0.1) is 28.5 Å². The van der Waals surface area contributed by atoms with Gasteiger partial charge in [-0.2, -0.15) is 0 Å². The van der Waals surface area contributed by atoms with Crippen LogP contribution in [0.2, 0.25) is 5.02 Å². The number of piperazine rings is 2. The maximum atomic E-state index is 11.7. The third kappa shape index (κ3) is 51.8. The second kappa shape index (κ2) is 54.5. The summed E-state index contributed by atoms with van der Waals surface area (Å²) in [5.41, 5.74) is 24.5. The zero-order chi connectivity index (χ0) is 72.3. The SMILES string of the molecule is C1=CCNC1.CC(Cl)(Cl)CCN.CC(OC(C)(C)C)[C@H](N)C(=O)OC(C)(C)C.CCC(C)[C@H](N)C(=O)OC(C)(C)C.CNCC/C=C/Br.Clc1ccccc1N1CCNCC1.NC[C@H]1CCCO1.c1ccc(CCNCc2ccccc2)cc1.c1cnc(N2CCNCC2)nc1. The molecule has 23 heteroatoms. The Kier molecular flexibility index (Phi) is 52.0.